The van der Waals surface area contributed by atoms with Gasteiger partial charge in [0.05, 0.1) is 24.4 Å². The van der Waals surface area contributed by atoms with Crippen LogP contribution in [0.25, 0.3) is 5.52 Å². The van der Waals surface area contributed by atoms with Gasteiger partial charge in [-0.2, -0.15) is 27.6 Å². The second kappa shape index (κ2) is 9.07. The van der Waals surface area contributed by atoms with Crippen molar-refractivity contribution in [1.29, 1.82) is 0 Å². The number of hydrogen-bond donors (Lipinski definition) is 4. The van der Waals surface area contributed by atoms with Crippen LogP contribution in [0.1, 0.15) is 12.1 Å². The van der Waals surface area contributed by atoms with Crippen molar-refractivity contribution in [1.82, 2.24) is 29.8 Å². The van der Waals surface area contributed by atoms with E-state index < -0.39 is 36.6 Å². The van der Waals surface area contributed by atoms with Crippen LogP contribution in [0.15, 0.2) is 42.7 Å². The summed E-state index contributed by atoms with van der Waals surface area (Å²) in [5.41, 5.74) is 0.665. The number of hydrogen-bond acceptors (Lipinski definition) is 8. The highest BCUT2D eigenvalue weighted by atomic mass is 19.4. The van der Waals surface area contributed by atoms with Crippen molar-refractivity contribution in [2.45, 2.75) is 31.2 Å². The number of amides is 1. The molecular formula is C21H19F4N9O2. The summed E-state index contributed by atoms with van der Waals surface area (Å²) in [6.07, 6.45) is -3.50. The molecular weight excluding hydrogens is 486 g/mol. The predicted octanol–water partition coefficient (Wildman–Crippen LogP) is 2.41. The maximum atomic E-state index is 13.1. The van der Waals surface area contributed by atoms with Crippen molar-refractivity contribution in [3.63, 3.8) is 0 Å². The molecule has 1 amide bonds. The lowest BCUT2D eigenvalue weighted by atomic mass is 10.2. The van der Waals surface area contributed by atoms with Gasteiger partial charge in [0.2, 0.25) is 17.8 Å². The van der Waals surface area contributed by atoms with Crippen LogP contribution in [-0.2, 0) is 11.2 Å². The van der Waals surface area contributed by atoms with Crippen LogP contribution < -0.4 is 15.5 Å². The number of fused-ring (bicyclic) bond motifs is 1. The first-order chi connectivity index (χ1) is 17.1. The summed E-state index contributed by atoms with van der Waals surface area (Å²) in [6, 6.07) is 6.23. The lowest BCUT2D eigenvalue weighted by Crippen LogP contribution is -2.41. The summed E-state index contributed by atoms with van der Waals surface area (Å²) in [7, 11) is 0. The van der Waals surface area contributed by atoms with Gasteiger partial charge in [-0.3, -0.25) is 9.89 Å². The minimum Gasteiger partial charge on any atom is -0.391 e. The van der Waals surface area contributed by atoms with E-state index in [-0.39, 0.29) is 41.9 Å². The molecule has 1 saturated heterocycles. The first kappa shape index (κ1) is 23.5. The average molecular weight is 505 g/mol. The topological polar surface area (TPSA) is 136 Å². The molecule has 1 fully saturated rings. The molecule has 11 nitrogen and oxygen atoms in total. The molecule has 0 spiro atoms. The third-order valence-corrected chi connectivity index (χ3v) is 5.48. The van der Waals surface area contributed by atoms with E-state index in [2.05, 4.69) is 35.9 Å². The van der Waals surface area contributed by atoms with Crippen LogP contribution in [0, 0.1) is 5.95 Å². The summed E-state index contributed by atoms with van der Waals surface area (Å²) in [5.74, 6) is -0.724. The largest absolute Gasteiger partial charge is 0.394 e. The maximum Gasteiger partial charge on any atom is 0.394 e. The van der Waals surface area contributed by atoms with Gasteiger partial charge in [0.25, 0.3) is 0 Å². The summed E-state index contributed by atoms with van der Waals surface area (Å²) in [4.78, 5) is 22.5. The molecule has 0 saturated carbocycles. The highest BCUT2D eigenvalue weighted by molar-refractivity contribution is 5.97. The predicted molar refractivity (Wildman–Crippen MR) is 119 cm³/mol. The number of anilines is 4. The Morgan fingerprint density at radius 3 is 2.86 bits per heavy atom. The Balaban J connectivity index is 1.42. The molecule has 0 bridgehead atoms. The minimum atomic E-state index is -4.39. The molecule has 188 valence electrons. The Bertz CT molecular complexity index is 1390. The molecule has 2 atom stereocenters. The Morgan fingerprint density at radius 1 is 1.28 bits per heavy atom. The Kier molecular flexibility index (Phi) is 5.91. The highest BCUT2D eigenvalue weighted by Gasteiger charge is 2.38. The van der Waals surface area contributed by atoms with E-state index in [0.29, 0.717) is 5.52 Å². The summed E-state index contributed by atoms with van der Waals surface area (Å²) in [6.45, 7) is 0.0596. The number of aliphatic hydroxyl groups excluding tert-OH is 1. The average Bonchev–Trinajstić information content (AvgIpc) is 3.54. The summed E-state index contributed by atoms with van der Waals surface area (Å²) >= 11 is 0. The number of halogens is 4. The number of rotatable bonds is 6. The lowest BCUT2D eigenvalue weighted by Gasteiger charge is -2.24. The molecule has 5 rings (SSSR count). The molecule has 0 aromatic carbocycles. The van der Waals surface area contributed by atoms with E-state index in [1.54, 1.807) is 18.3 Å². The van der Waals surface area contributed by atoms with Crippen LogP contribution in [0.3, 0.4) is 0 Å². The molecule has 4 aromatic rings. The van der Waals surface area contributed by atoms with Crippen molar-refractivity contribution in [3.8, 4) is 0 Å². The monoisotopic (exact) mass is 505 g/mol. The zero-order valence-corrected chi connectivity index (χ0v) is 18.4. The number of β-amino-alcohol motifs (C(OH)–C–C–N with tert-alkyl or cyclic N) is 1. The fraction of sp³-hybridized carbons (Fsp3) is 0.286. The van der Waals surface area contributed by atoms with Crippen LogP contribution in [-0.4, -0.2) is 65.7 Å². The number of alkyl halides is 3. The van der Waals surface area contributed by atoms with Crippen molar-refractivity contribution < 1.29 is 27.5 Å². The summed E-state index contributed by atoms with van der Waals surface area (Å²) < 4.78 is 52.6. The van der Waals surface area contributed by atoms with Crippen molar-refractivity contribution >= 4 is 34.7 Å². The fourth-order valence-electron chi connectivity index (χ4n) is 3.95. The van der Waals surface area contributed by atoms with Gasteiger partial charge < -0.3 is 20.6 Å². The van der Waals surface area contributed by atoms with Crippen molar-refractivity contribution in [3.05, 3.63) is 54.4 Å². The van der Waals surface area contributed by atoms with Crippen molar-refractivity contribution in [2.24, 2.45) is 0 Å². The van der Waals surface area contributed by atoms with Gasteiger partial charge in [-0.15, -0.1) is 5.10 Å². The molecule has 0 radical (unpaired) electrons. The van der Waals surface area contributed by atoms with Gasteiger partial charge in [0, 0.05) is 30.9 Å². The molecule has 5 heterocycles. The quantitative estimate of drug-likeness (QED) is 0.232. The SMILES string of the molecule is O=C(Nc1ccc(F)nc1)[C@@H]1C[C@H](O)CN1c1nc(Nc2cc(CC(F)(F)F)[nH]n2)c2cccn2n1. The molecule has 1 aliphatic heterocycles. The Morgan fingerprint density at radius 2 is 2.11 bits per heavy atom. The smallest absolute Gasteiger partial charge is 0.391 e. The van der Waals surface area contributed by atoms with Gasteiger partial charge >= 0.3 is 6.18 Å². The Labute approximate surface area is 200 Å². The van der Waals surface area contributed by atoms with Gasteiger partial charge in [0.1, 0.15) is 11.6 Å². The van der Waals surface area contributed by atoms with Crippen LogP contribution in [0.2, 0.25) is 0 Å². The van der Waals surface area contributed by atoms with Gasteiger partial charge in [-0.05, 0) is 24.3 Å². The van der Waals surface area contributed by atoms with E-state index in [9.17, 15) is 27.5 Å². The molecule has 1 aliphatic rings. The molecule has 0 aliphatic carbocycles. The van der Waals surface area contributed by atoms with E-state index in [0.717, 1.165) is 6.07 Å². The number of nitrogens with one attached hydrogen (secondary N) is 3. The zero-order valence-electron chi connectivity index (χ0n) is 18.4. The first-order valence-corrected chi connectivity index (χ1v) is 10.8. The fourth-order valence-corrected chi connectivity index (χ4v) is 3.95. The molecule has 4 aromatic heterocycles. The third kappa shape index (κ3) is 5.05. The third-order valence-electron chi connectivity index (χ3n) is 5.48. The number of carbonyl (C=O) groups excluding carboxylic acids is 1. The van der Waals surface area contributed by atoms with Gasteiger partial charge in [0.15, 0.2) is 11.6 Å². The first-order valence-electron chi connectivity index (χ1n) is 10.8. The highest BCUT2D eigenvalue weighted by Crippen LogP contribution is 2.28. The van der Waals surface area contributed by atoms with Crippen LogP contribution in [0.4, 0.5) is 40.8 Å². The normalized spacial score (nSPS) is 18.1. The Hall–Kier alpha value is -4.27. The standard InChI is InChI=1S/C21H19F4N9O2/c22-16-4-3-11(9-26-16)27-19(36)15-7-13(35)10-33(15)20-29-18(14-2-1-5-34(14)32-20)28-17-6-12(30-31-17)8-21(23,24)25/h1-6,9,13,15,35H,7-8,10H2,(H,27,36)(H2,28,29,30,31,32)/t13-,15-/m0/s1. The van der Waals surface area contributed by atoms with Gasteiger partial charge in [-0.1, -0.05) is 0 Å². The summed E-state index contributed by atoms with van der Waals surface area (Å²) in [5, 5.41) is 26.4. The van der Waals surface area contributed by atoms with Gasteiger partial charge in [-0.25, -0.2) is 9.50 Å². The lowest BCUT2D eigenvalue weighted by molar-refractivity contribution is -0.127. The molecule has 0 unspecified atom stereocenters. The molecule has 4 N–H and O–H groups in total. The van der Waals surface area contributed by atoms with E-state index in [4.69, 9.17) is 0 Å². The molecule has 36 heavy (non-hydrogen) atoms. The van der Waals surface area contributed by atoms with Crippen LogP contribution >= 0.6 is 0 Å². The number of pyridine rings is 1. The second-order valence-electron chi connectivity index (χ2n) is 8.21. The van der Waals surface area contributed by atoms with E-state index in [1.807, 2.05) is 0 Å². The number of H-pyrrole nitrogens is 1. The number of carbonyl (C=O) groups is 1. The number of aromatic nitrogens is 6. The minimum absolute atomic E-state index is 0.0596. The van der Waals surface area contributed by atoms with Crippen molar-refractivity contribution in [2.75, 3.05) is 22.1 Å². The number of aliphatic hydroxyl groups is 1. The number of nitrogens with zero attached hydrogens (tertiary/aromatic N) is 6. The van der Waals surface area contributed by atoms with E-state index in [1.165, 1.54) is 27.7 Å². The zero-order chi connectivity index (χ0) is 25.4. The maximum absolute atomic E-state index is 13.1. The van der Waals surface area contributed by atoms with E-state index >= 15 is 0 Å². The van der Waals surface area contributed by atoms with Crippen LogP contribution in [0.5, 0.6) is 0 Å². The number of aromatic amines is 1. The molecule has 15 heteroatoms. The second-order valence-corrected chi connectivity index (χ2v) is 8.21.